The lowest BCUT2D eigenvalue weighted by atomic mass is 10.1. The number of halogens is 1. The van der Waals surface area contributed by atoms with Crippen molar-refractivity contribution in [1.29, 1.82) is 0 Å². The van der Waals surface area contributed by atoms with Crippen molar-refractivity contribution in [3.8, 4) is 11.5 Å². The normalized spacial score (nSPS) is 11.4. The maximum absolute atomic E-state index is 13.1. The number of nitrogens with one attached hydrogen (secondary N) is 1. The summed E-state index contributed by atoms with van der Waals surface area (Å²) in [5.74, 6) is 0.596. The summed E-state index contributed by atoms with van der Waals surface area (Å²) in [4.78, 5) is 27.5. The molecule has 1 N–H and O–H groups in total. The van der Waals surface area contributed by atoms with Crippen LogP contribution in [0.3, 0.4) is 0 Å². The van der Waals surface area contributed by atoms with Crippen LogP contribution in [0.15, 0.2) is 78.9 Å². The smallest absolute Gasteiger partial charge is 0.261 e. The Morgan fingerprint density at radius 3 is 2.27 bits per heavy atom. The van der Waals surface area contributed by atoms with E-state index in [0.29, 0.717) is 17.3 Å². The lowest BCUT2D eigenvalue weighted by molar-refractivity contribution is -0.142. The Morgan fingerprint density at radius 2 is 1.61 bits per heavy atom. The molecule has 0 saturated heterocycles. The van der Waals surface area contributed by atoms with E-state index in [-0.39, 0.29) is 25.0 Å². The van der Waals surface area contributed by atoms with Crippen LogP contribution in [0.2, 0.25) is 5.02 Å². The Kier molecular flexibility index (Phi) is 8.72. The first-order chi connectivity index (χ1) is 16.0. The summed E-state index contributed by atoms with van der Waals surface area (Å²) in [7, 11) is 1.60. The first-order valence-corrected chi connectivity index (χ1v) is 11.0. The summed E-state index contributed by atoms with van der Waals surface area (Å²) in [5.41, 5.74) is 1.85. The fourth-order valence-electron chi connectivity index (χ4n) is 3.23. The molecule has 0 spiro atoms. The van der Waals surface area contributed by atoms with Crippen molar-refractivity contribution >= 4 is 23.4 Å². The van der Waals surface area contributed by atoms with Crippen molar-refractivity contribution in [2.45, 2.75) is 26.1 Å². The fourth-order valence-corrected chi connectivity index (χ4v) is 3.42. The zero-order valence-corrected chi connectivity index (χ0v) is 19.4. The maximum atomic E-state index is 13.1. The summed E-state index contributed by atoms with van der Waals surface area (Å²) in [5, 5.41) is 3.33. The number of hydrogen-bond acceptors (Lipinski definition) is 4. The third kappa shape index (κ3) is 6.99. The van der Waals surface area contributed by atoms with Crippen LogP contribution in [-0.2, 0) is 22.7 Å². The van der Waals surface area contributed by atoms with Gasteiger partial charge < -0.3 is 19.7 Å². The molecule has 1 atom stereocenters. The lowest BCUT2D eigenvalue weighted by Crippen LogP contribution is -2.48. The lowest BCUT2D eigenvalue weighted by Gasteiger charge is -2.29. The van der Waals surface area contributed by atoms with Gasteiger partial charge >= 0.3 is 0 Å². The van der Waals surface area contributed by atoms with Gasteiger partial charge in [-0.15, -0.1) is 0 Å². The second kappa shape index (κ2) is 11.9. The monoisotopic (exact) mass is 466 g/mol. The molecule has 6 nitrogen and oxygen atoms in total. The molecule has 0 fully saturated rings. The molecule has 2 amide bonds. The Hall–Kier alpha value is -3.51. The summed E-state index contributed by atoms with van der Waals surface area (Å²) in [6.07, 6.45) is 0. The van der Waals surface area contributed by atoms with Crippen LogP contribution in [0.25, 0.3) is 0 Å². The molecule has 0 aliphatic heterocycles. The molecule has 3 aromatic carbocycles. The molecule has 3 aromatic rings. The predicted molar refractivity (Wildman–Crippen MR) is 128 cm³/mol. The van der Waals surface area contributed by atoms with Crippen molar-refractivity contribution in [1.82, 2.24) is 10.2 Å². The highest BCUT2D eigenvalue weighted by Crippen LogP contribution is 2.23. The molecular formula is C26H27ClN2O4. The van der Waals surface area contributed by atoms with Crippen LogP contribution >= 0.6 is 11.6 Å². The SMILES string of the molecule is COc1ccc(CNC(=O)[C@@H](C)N(Cc2ccccc2)C(=O)COc2ccccc2Cl)cc1. The van der Waals surface area contributed by atoms with Crippen molar-refractivity contribution in [3.05, 3.63) is 95.0 Å². The second-order valence-electron chi connectivity index (χ2n) is 7.47. The van der Waals surface area contributed by atoms with Crippen LogP contribution in [0.1, 0.15) is 18.1 Å². The van der Waals surface area contributed by atoms with E-state index in [9.17, 15) is 9.59 Å². The number of nitrogens with zero attached hydrogens (tertiary/aromatic N) is 1. The first kappa shape index (κ1) is 24.1. The Bertz CT molecular complexity index is 1060. The van der Waals surface area contributed by atoms with Crippen LogP contribution in [0, 0.1) is 0 Å². The average Bonchev–Trinajstić information content (AvgIpc) is 2.85. The van der Waals surface area contributed by atoms with Gasteiger partial charge in [0, 0.05) is 13.1 Å². The van der Waals surface area contributed by atoms with E-state index in [1.165, 1.54) is 4.90 Å². The van der Waals surface area contributed by atoms with Gasteiger partial charge in [-0.2, -0.15) is 0 Å². The fraction of sp³-hybridized carbons (Fsp3) is 0.231. The summed E-state index contributed by atoms with van der Waals surface area (Å²) < 4.78 is 10.8. The molecule has 0 aliphatic carbocycles. The Morgan fingerprint density at radius 1 is 0.939 bits per heavy atom. The summed E-state index contributed by atoms with van der Waals surface area (Å²) in [6, 6.07) is 23.2. The number of ether oxygens (including phenoxy) is 2. The molecule has 0 aromatic heterocycles. The standard InChI is InChI=1S/C26H27ClN2O4/c1-19(26(31)28-16-20-12-14-22(32-2)15-13-20)29(17-21-8-4-3-5-9-21)25(30)18-33-24-11-7-6-10-23(24)27/h3-15,19H,16-18H2,1-2H3,(H,28,31)/t19-/m1/s1. The third-order valence-electron chi connectivity index (χ3n) is 5.18. The number of para-hydroxylation sites is 1. The molecule has 7 heteroatoms. The molecule has 0 radical (unpaired) electrons. The summed E-state index contributed by atoms with van der Waals surface area (Å²) in [6.45, 7) is 2.10. The minimum Gasteiger partial charge on any atom is -0.497 e. The number of carbonyl (C=O) groups is 2. The zero-order chi connectivity index (χ0) is 23.6. The van der Waals surface area contributed by atoms with Crippen LogP contribution in [0.4, 0.5) is 0 Å². The van der Waals surface area contributed by atoms with E-state index >= 15 is 0 Å². The first-order valence-electron chi connectivity index (χ1n) is 10.6. The highest BCUT2D eigenvalue weighted by atomic mass is 35.5. The van der Waals surface area contributed by atoms with E-state index < -0.39 is 6.04 Å². The van der Waals surface area contributed by atoms with Gasteiger partial charge in [-0.3, -0.25) is 9.59 Å². The number of methoxy groups -OCH3 is 1. The quantitative estimate of drug-likeness (QED) is 0.479. The van der Waals surface area contributed by atoms with E-state index in [4.69, 9.17) is 21.1 Å². The molecule has 33 heavy (non-hydrogen) atoms. The average molecular weight is 467 g/mol. The van der Waals surface area contributed by atoms with Crippen molar-refractivity contribution in [3.63, 3.8) is 0 Å². The Labute approximate surface area is 199 Å². The van der Waals surface area contributed by atoms with E-state index in [2.05, 4.69) is 5.32 Å². The van der Waals surface area contributed by atoms with Crippen LogP contribution in [0.5, 0.6) is 11.5 Å². The van der Waals surface area contributed by atoms with Crippen molar-refractivity contribution < 1.29 is 19.1 Å². The van der Waals surface area contributed by atoms with Gasteiger partial charge in [-0.1, -0.05) is 66.2 Å². The number of rotatable bonds is 10. The topological polar surface area (TPSA) is 67.9 Å². The van der Waals surface area contributed by atoms with Gasteiger partial charge in [0.25, 0.3) is 5.91 Å². The largest absolute Gasteiger partial charge is 0.497 e. The molecular weight excluding hydrogens is 440 g/mol. The number of carbonyl (C=O) groups excluding carboxylic acids is 2. The predicted octanol–water partition coefficient (Wildman–Crippen LogP) is 4.46. The van der Waals surface area contributed by atoms with Crippen molar-refractivity contribution in [2.75, 3.05) is 13.7 Å². The van der Waals surface area contributed by atoms with Crippen LogP contribution in [-0.4, -0.2) is 36.5 Å². The van der Waals surface area contributed by atoms with Crippen molar-refractivity contribution in [2.24, 2.45) is 0 Å². The summed E-state index contributed by atoms with van der Waals surface area (Å²) >= 11 is 6.13. The third-order valence-corrected chi connectivity index (χ3v) is 5.49. The van der Waals surface area contributed by atoms with Gasteiger partial charge in [0.2, 0.25) is 5.91 Å². The van der Waals surface area contributed by atoms with Gasteiger partial charge in [0.1, 0.15) is 17.5 Å². The van der Waals surface area contributed by atoms with Crippen LogP contribution < -0.4 is 14.8 Å². The minimum absolute atomic E-state index is 0.229. The highest BCUT2D eigenvalue weighted by molar-refractivity contribution is 6.32. The molecule has 0 heterocycles. The number of hydrogen-bond donors (Lipinski definition) is 1. The minimum atomic E-state index is -0.703. The number of amides is 2. The van der Waals surface area contributed by atoms with Gasteiger partial charge in [-0.25, -0.2) is 0 Å². The van der Waals surface area contributed by atoms with E-state index in [0.717, 1.165) is 16.9 Å². The molecule has 0 unspecified atom stereocenters. The molecule has 0 saturated carbocycles. The number of benzene rings is 3. The van der Waals surface area contributed by atoms with Gasteiger partial charge in [-0.05, 0) is 42.3 Å². The molecule has 3 rings (SSSR count). The second-order valence-corrected chi connectivity index (χ2v) is 7.88. The molecule has 172 valence electrons. The maximum Gasteiger partial charge on any atom is 0.261 e. The molecule has 0 aliphatic rings. The van der Waals surface area contributed by atoms with Gasteiger partial charge in [0.05, 0.1) is 12.1 Å². The Balaban J connectivity index is 1.67. The highest BCUT2D eigenvalue weighted by Gasteiger charge is 2.26. The zero-order valence-electron chi connectivity index (χ0n) is 18.7. The van der Waals surface area contributed by atoms with E-state index in [1.807, 2.05) is 54.6 Å². The van der Waals surface area contributed by atoms with E-state index in [1.54, 1.807) is 38.3 Å². The van der Waals surface area contributed by atoms with Gasteiger partial charge in [0.15, 0.2) is 6.61 Å². The molecule has 0 bridgehead atoms.